The van der Waals surface area contributed by atoms with E-state index in [0.717, 1.165) is 0 Å². The van der Waals surface area contributed by atoms with E-state index in [-0.39, 0.29) is 5.91 Å². The number of aromatic nitrogens is 1. The first-order chi connectivity index (χ1) is 14.5. The third kappa shape index (κ3) is 4.96. The van der Waals surface area contributed by atoms with E-state index in [1.807, 2.05) is 49.0 Å². The summed E-state index contributed by atoms with van der Waals surface area (Å²) < 4.78 is 6.98. The van der Waals surface area contributed by atoms with Crippen molar-refractivity contribution in [3.05, 3.63) is 70.7 Å². The molecule has 2 heterocycles. The summed E-state index contributed by atoms with van der Waals surface area (Å²) in [7, 11) is 0. The molecule has 3 rings (SSSR count). The second kappa shape index (κ2) is 9.89. The summed E-state index contributed by atoms with van der Waals surface area (Å²) in [6.07, 6.45) is 3.67. The zero-order valence-electron chi connectivity index (χ0n) is 16.8. The molecule has 0 atom stereocenters. The molecular weight excluding hydrogens is 402 g/mol. The van der Waals surface area contributed by atoms with Gasteiger partial charge in [0.05, 0.1) is 5.69 Å². The lowest BCUT2D eigenvalue weighted by Gasteiger charge is -2.18. The molecular formula is C22H23N3O4S. The van der Waals surface area contributed by atoms with E-state index in [2.05, 4.69) is 5.32 Å². The van der Waals surface area contributed by atoms with Gasteiger partial charge in [-0.3, -0.25) is 9.59 Å². The number of rotatable bonds is 8. The van der Waals surface area contributed by atoms with Crippen LogP contribution in [0.15, 0.2) is 60.2 Å². The molecule has 8 heteroatoms. The van der Waals surface area contributed by atoms with Crippen molar-refractivity contribution in [1.29, 1.82) is 0 Å². The second-order valence-electron chi connectivity index (χ2n) is 6.40. The number of hydrogen-bond acceptors (Lipinski definition) is 5. The van der Waals surface area contributed by atoms with Gasteiger partial charge in [0.2, 0.25) is 0 Å². The zero-order valence-corrected chi connectivity index (χ0v) is 17.6. The molecule has 7 nitrogen and oxygen atoms in total. The highest BCUT2D eigenvalue weighted by atomic mass is 32.1. The Labute approximate surface area is 178 Å². The van der Waals surface area contributed by atoms with Crippen molar-refractivity contribution < 1.29 is 19.1 Å². The molecule has 1 aromatic carbocycles. The normalized spacial score (nSPS) is 10.5. The van der Waals surface area contributed by atoms with Crippen LogP contribution in [0.4, 0.5) is 5.69 Å². The Balaban J connectivity index is 1.55. The highest BCUT2D eigenvalue weighted by molar-refractivity contribution is 7.12. The first-order valence-corrected chi connectivity index (χ1v) is 10.5. The molecule has 0 radical (unpaired) electrons. The number of benzene rings is 1. The van der Waals surface area contributed by atoms with Crippen molar-refractivity contribution in [2.24, 2.45) is 0 Å². The first kappa shape index (κ1) is 21.3. The van der Waals surface area contributed by atoms with Gasteiger partial charge >= 0.3 is 5.97 Å². The number of carbonyl (C=O) groups excluding carboxylic acids is 3. The van der Waals surface area contributed by atoms with Crippen molar-refractivity contribution >= 4 is 34.8 Å². The highest BCUT2D eigenvalue weighted by Gasteiger charge is 2.17. The zero-order chi connectivity index (χ0) is 21.5. The van der Waals surface area contributed by atoms with Gasteiger partial charge in [-0.05, 0) is 61.7 Å². The van der Waals surface area contributed by atoms with E-state index in [1.54, 1.807) is 34.5 Å². The Morgan fingerprint density at radius 3 is 2.33 bits per heavy atom. The number of carbonyl (C=O) groups is 3. The summed E-state index contributed by atoms with van der Waals surface area (Å²) in [5, 5.41) is 4.46. The molecule has 0 aliphatic rings. The van der Waals surface area contributed by atoms with Crippen LogP contribution >= 0.6 is 11.3 Å². The minimum absolute atomic E-state index is 0.0544. The Morgan fingerprint density at radius 2 is 1.70 bits per heavy atom. The van der Waals surface area contributed by atoms with E-state index in [4.69, 9.17) is 4.74 Å². The molecule has 0 aliphatic carbocycles. The monoisotopic (exact) mass is 425 g/mol. The summed E-state index contributed by atoms with van der Waals surface area (Å²) >= 11 is 1.26. The molecule has 30 heavy (non-hydrogen) atoms. The topological polar surface area (TPSA) is 80.6 Å². The number of esters is 1. The maximum absolute atomic E-state index is 12.4. The van der Waals surface area contributed by atoms with Crippen molar-refractivity contribution in [2.45, 2.75) is 13.8 Å². The fourth-order valence-corrected chi connectivity index (χ4v) is 3.72. The van der Waals surface area contributed by atoms with Gasteiger partial charge < -0.3 is 19.5 Å². The van der Waals surface area contributed by atoms with Gasteiger partial charge in [-0.15, -0.1) is 11.3 Å². The van der Waals surface area contributed by atoms with Crippen LogP contribution < -0.4 is 5.32 Å². The summed E-state index contributed by atoms with van der Waals surface area (Å²) in [5.41, 5.74) is 1.79. The minimum atomic E-state index is -0.552. The number of nitrogens with one attached hydrogen (secondary N) is 1. The number of amides is 2. The maximum Gasteiger partial charge on any atom is 0.350 e. The average molecular weight is 426 g/mol. The molecule has 3 aromatic rings. The third-order valence-electron chi connectivity index (χ3n) is 4.51. The third-order valence-corrected chi connectivity index (χ3v) is 5.40. The molecule has 1 N–H and O–H groups in total. The van der Waals surface area contributed by atoms with Crippen LogP contribution in [0.25, 0.3) is 5.69 Å². The lowest BCUT2D eigenvalue weighted by molar-refractivity contribution is -0.119. The summed E-state index contributed by atoms with van der Waals surface area (Å²) in [6.45, 7) is 4.72. The Hall–Kier alpha value is -3.39. The van der Waals surface area contributed by atoms with Gasteiger partial charge in [0, 0.05) is 36.7 Å². The molecule has 0 unspecified atom stereocenters. The number of nitrogens with zero attached hydrogens (tertiary/aromatic N) is 2. The Kier molecular flexibility index (Phi) is 7.03. The van der Waals surface area contributed by atoms with Gasteiger partial charge in [-0.2, -0.15) is 0 Å². The van der Waals surface area contributed by atoms with Gasteiger partial charge in [0.25, 0.3) is 11.8 Å². The van der Waals surface area contributed by atoms with Crippen LogP contribution in [-0.2, 0) is 9.53 Å². The van der Waals surface area contributed by atoms with E-state index in [9.17, 15) is 14.4 Å². The smallest absolute Gasteiger partial charge is 0.350 e. The predicted octanol–water partition coefficient (Wildman–Crippen LogP) is 3.82. The van der Waals surface area contributed by atoms with E-state index in [0.29, 0.717) is 34.9 Å². The van der Waals surface area contributed by atoms with Crippen molar-refractivity contribution in [3.63, 3.8) is 0 Å². The SMILES string of the molecule is CCN(CC)C(=O)c1ccc(NC(=O)COC(=O)c2sccc2-n2cccc2)cc1. The van der Waals surface area contributed by atoms with Crippen molar-refractivity contribution in [1.82, 2.24) is 9.47 Å². The second-order valence-corrected chi connectivity index (χ2v) is 7.32. The number of ether oxygens (including phenoxy) is 1. The van der Waals surface area contributed by atoms with Crippen LogP contribution in [-0.4, -0.2) is 46.9 Å². The summed E-state index contributed by atoms with van der Waals surface area (Å²) in [5.74, 6) is -1.06. The molecule has 0 fully saturated rings. The molecule has 0 aliphatic heterocycles. The Morgan fingerprint density at radius 1 is 1.03 bits per heavy atom. The summed E-state index contributed by atoms with van der Waals surface area (Å²) in [6, 6.07) is 12.2. The number of thiophene rings is 1. The molecule has 156 valence electrons. The predicted molar refractivity (Wildman–Crippen MR) is 116 cm³/mol. The standard InChI is InChI=1S/C22H23N3O4S/c1-3-24(4-2)21(27)16-7-9-17(10-8-16)23-19(26)15-29-22(28)20-18(11-14-30-20)25-12-5-6-13-25/h5-14H,3-4,15H2,1-2H3,(H,23,26). The lowest BCUT2D eigenvalue weighted by Crippen LogP contribution is -2.30. The fourth-order valence-electron chi connectivity index (χ4n) is 2.94. The molecule has 0 bridgehead atoms. The largest absolute Gasteiger partial charge is 0.451 e. The molecule has 2 amide bonds. The van der Waals surface area contributed by atoms with Gasteiger partial charge in [0.15, 0.2) is 6.61 Å². The minimum Gasteiger partial charge on any atom is -0.451 e. The Bertz CT molecular complexity index is 1010. The van der Waals surface area contributed by atoms with Crippen LogP contribution in [0.1, 0.15) is 33.9 Å². The van der Waals surface area contributed by atoms with Crippen molar-refractivity contribution in [3.8, 4) is 5.69 Å². The van der Waals surface area contributed by atoms with Gasteiger partial charge in [-0.25, -0.2) is 4.79 Å². The van der Waals surface area contributed by atoms with Gasteiger partial charge in [-0.1, -0.05) is 0 Å². The lowest BCUT2D eigenvalue weighted by atomic mass is 10.2. The molecule has 0 saturated carbocycles. The van der Waals surface area contributed by atoms with Crippen LogP contribution in [0.3, 0.4) is 0 Å². The van der Waals surface area contributed by atoms with Crippen LogP contribution in [0.5, 0.6) is 0 Å². The average Bonchev–Trinajstić information content (AvgIpc) is 3.45. The maximum atomic E-state index is 12.4. The van der Waals surface area contributed by atoms with Crippen molar-refractivity contribution in [2.75, 3.05) is 25.0 Å². The quantitative estimate of drug-likeness (QED) is 0.557. The van der Waals surface area contributed by atoms with Crippen LogP contribution in [0, 0.1) is 0 Å². The van der Waals surface area contributed by atoms with E-state index < -0.39 is 18.5 Å². The fraction of sp³-hybridized carbons (Fsp3) is 0.227. The van der Waals surface area contributed by atoms with E-state index >= 15 is 0 Å². The molecule has 0 spiro atoms. The van der Waals surface area contributed by atoms with Gasteiger partial charge in [0.1, 0.15) is 4.88 Å². The van der Waals surface area contributed by atoms with E-state index in [1.165, 1.54) is 11.3 Å². The highest BCUT2D eigenvalue weighted by Crippen LogP contribution is 2.22. The number of anilines is 1. The first-order valence-electron chi connectivity index (χ1n) is 9.60. The molecule has 2 aromatic heterocycles. The summed E-state index contributed by atoms with van der Waals surface area (Å²) in [4.78, 5) is 39.0. The van der Waals surface area contributed by atoms with Crippen LogP contribution in [0.2, 0.25) is 0 Å². The number of hydrogen-bond donors (Lipinski definition) is 1. The molecule has 0 saturated heterocycles.